The van der Waals surface area contributed by atoms with Crippen LogP contribution in [0.15, 0.2) is 38.3 Å². The number of hydrogen-bond acceptors (Lipinski definition) is 6. The van der Waals surface area contributed by atoms with Crippen LogP contribution in [0.3, 0.4) is 0 Å². The van der Waals surface area contributed by atoms with Crippen LogP contribution in [0, 0.1) is 23.0 Å². The molecule has 0 aliphatic carbocycles. The third-order valence-electron chi connectivity index (χ3n) is 4.73. The first-order chi connectivity index (χ1) is 13.2. The Labute approximate surface area is 174 Å². The maximum atomic E-state index is 12.7. The average Bonchev–Trinajstić information content (AvgIpc) is 3.10. The molecular weight excluding hydrogens is 470 g/mol. The Hall–Kier alpha value is -1.82. The van der Waals surface area contributed by atoms with Gasteiger partial charge in [0.15, 0.2) is 0 Å². The lowest BCUT2D eigenvalue weighted by atomic mass is 9.97. The van der Waals surface area contributed by atoms with Gasteiger partial charge in [-0.25, -0.2) is 8.42 Å². The molecule has 1 amide bonds. The van der Waals surface area contributed by atoms with E-state index in [0.29, 0.717) is 24.1 Å². The number of piperidine rings is 1. The molecular formula is C17H18BrN3O5S2. The molecule has 0 unspecified atom stereocenters. The van der Waals surface area contributed by atoms with Crippen molar-refractivity contribution >= 4 is 54.6 Å². The maximum absolute atomic E-state index is 12.7. The third kappa shape index (κ3) is 4.27. The number of halogens is 1. The van der Waals surface area contributed by atoms with Crippen LogP contribution in [-0.2, 0) is 14.8 Å². The molecule has 2 aromatic rings. The summed E-state index contributed by atoms with van der Waals surface area (Å²) in [5.74, 6) is -0.598. The molecule has 1 saturated heterocycles. The van der Waals surface area contributed by atoms with Gasteiger partial charge in [-0.15, -0.1) is 11.3 Å². The number of anilines is 1. The zero-order chi connectivity index (χ0) is 20.5. The lowest BCUT2D eigenvalue weighted by molar-refractivity contribution is -0.385. The van der Waals surface area contributed by atoms with Crippen LogP contribution in [0.4, 0.5) is 11.4 Å². The number of hydrogen-bond donors (Lipinski definition) is 1. The molecule has 150 valence electrons. The molecule has 0 spiro atoms. The molecule has 1 aliphatic rings. The van der Waals surface area contributed by atoms with Gasteiger partial charge in [0, 0.05) is 25.1 Å². The fourth-order valence-electron chi connectivity index (χ4n) is 3.11. The van der Waals surface area contributed by atoms with Crippen molar-refractivity contribution in [2.75, 3.05) is 18.4 Å². The standard InChI is InChI=1S/C17H18BrN3O5S2/c1-11-13(3-2-4-14(11)21(23)24)19-17(22)12-7-9-20(10-8-12)28(25,26)16-6-5-15(18)27-16/h2-6,12H,7-10H2,1H3,(H,19,22). The second kappa shape index (κ2) is 8.27. The largest absolute Gasteiger partial charge is 0.325 e. The summed E-state index contributed by atoms with van der Waals surface area (Å²) in [7, 11) is -3.56. The van der Waals surface area contributed by atoms with Crippen molar-refractivity contribution < 1.29 is 18.1 Å². The van der Waals surface area contributed by atoms with Gasteiger partial charge in [0.05, 0.1) is 20.0 Å². The normalized spacial score (nSPS) is 16.1. The SMILES string of the molecule is Cc1c(NC(=O)C2CCN(S(=O)(=O)c3ccc(Br)s3)CC2)cccc1[N+](=O)[O-]. The number of nitrogens with zero attached hydrogens (tertiary/aromatic N) is 2. The minimum atomic E-state index is -3.56. The van der Waals surface area contributed by atoms with Crippen LogP contribution < -0.4 is 5.32 Å². The highest BCUT2D eigenvalue weighted by Crippen LogP contribution is 2.31. The van der Waals surface area contributed by atoms with E-state index >= 15 is 0 Å². The zero-order valence-corrected chi connectivity index (χ0v) is 18.1. The number of nitro groups is 1. The van der Waals surface area contributed by atoms with E-state index in [-0.39, 0.29) is 34.8 Å². The molecule has 2 heterocycles. The summed E-state index contributed by atoms with van der Waals surface area (Å²) in [6, 6.07) is 7.79. The van der Waals surface area contributed by atoms with Gasteiger partial charge in [0.2, 0.25) is 5.91 Å². The van der Waals surface area contributed by atoms with Gasteiger partial charge in [-0.3, -0.25) is 14.9 Å². The number of nitro benzene ring substituents is 1. The zero-order valence-electron chi connectivity index (χ0n) is 14.9. The lowest BCUT2D eigenvalue weighted by Crippen LogP contribution is -2.41. The summed E-state index contributed by atoms with van der Waals surface area (Å²) in [6.45, 7) is 2.09. The molecule has 0 saturated carbocycles. The van der Waals surface area contributed by atoms with Gasteiger partial charge in [-0.05, 0) is 53.9 Å². The summed E-state index contributed by atoms with van der Waals surface area (Å²) < 4.78 is 27.7. The number of thiophene rings is 1. The van der Waals surface area contributed by atoms with Crippen molar-refractivity contribution in [3.8, 4) is 0 Å². The van der Waals surface area contributed by atoms with Gasteiger partial charge in [0.1, 0.15) is 4.21 Å². The second-order valence-electron chi connectivity index (χ2n) is 6.43. The number of carbonyl (C=O) groups excluding carboxylic acids is 1. The van der Waals surface area contributed by atoms with Gasteiger partial charge >= 0.3 is 0 Å². The van der Waals surface area contributed by atoms with Crippen LogP contribution in [0.1, 0.15) is 18.4 Å². The minimum Gasteiger partial charge on any atom is -0.325 e. The topological polar surface area (TPSA) is 110 Å². The molecule has 0 bridgehead atoms. The smallest absolute Gasteiger partial charge is 0.274 e. The van der Waals surface area contributed by atoms with E-state index in [1.807, 2.05) is 0 Å². The fraction of sp³-hybridized carbons (Fsp3) is 0.353. The number of rotatable bonds is 5. The van der Waals surface area contributed by atoms with E-state index in [1.54, 1.807) is 25.1 Å². The quantitative estimate of drug-likeness (QED) is 0.509. The Balaban J connectivity index is 1.65. The Kier molecular flexibility index (Phi) is 6.18. The van der Waals surface area contributed by atoms with E-state index in [2.05, 4.69) is 21.2 Å². The van der Waals surface area contributed by atoms with Crippen molar-refractivity contribution in [2.45, 2.75) is 24.0 Å². The van der Waals surface area contributed by atoms with E-state index in [4.69, 9.17) is 0 Å². The van der Waals surface area contributed by atoms with Crippen molar-refractivity contribution in [3.05, 3.63) is 49.8 Å². The van der Waals surface area contributed by atoms with Gasteiger partial charge < -0.3 is 5.32 Å². The van der Waals surface area contributed by atoms with Gasteiger partial charge in [-0.1, -0.05) is 6.07 Å². The molecule has 1 aromatic carbocycles. The average molecular weight is 488 g/mol. The van der Waals surface area contributed by atoms with E-state index in [0.717, 1.165) is 15.1 Å². The Morgan fingerprint density at radius 3 is 2.54 bits per heavy atom. The Bertz CT molecular complexity index is 1010. The van der Waals surface area contributed by atoms with Crippen LogP contribution in [0.2, 0.25) is 0 Å². The van der Waals surface area contributed by atoms with Gasteiger partial charge in [0.25, 0.3) is 15.7 Å². The summed E-state index contributed by atoms with van der Waals surface area (Å²) in [5, 5.41) is 13.8. The first-order valence-electron chi connectivity index (χ1n) is 8.50. The molecule has 0 radical (unpaired) electrons. The highest BCUT2D eigenvalue weighted by Gasteiger charge is 2.33. The summed E-state index contributed by atoms with van der Waals surface area (Å²) in [6.07, 6.45) is 0.789. The highest BCUT2D eigenvalue weighted by atomic mass is 79.9. The van der Waals surface area contributed by atoms with E-state index in [1.165, 1.54) is 16.4 Å². The Morgan fingerprint density at radius 1 is 1.29 bits per heavy atom. The monoisotopic (exact) mass is 487 g/mol. The predicted octanol–water partition coefficient (Wildman–Crippen LogP) is 3.77. The predicted molar refractivity (Wildman–Crippen MR) is 110 cm³/mol. The molecule has 0 atom stereocenters. The highest BCUT2D eigenvalue weighted by molar-refractivity contribution is 9.11. The molecule has 1 aliphatic heterocycles. The van der Waals surface area contributed by atoms with Crippen LogP contribution in [0.25, 0.3) is 0 Å². The van der Waals surface area contributed by atoms with Crippen molar-refractivity contribution in [2.24, 2.45) is 5.92 Å². The molecule has 11 heteroatoms. The van der Waals surface area contributed by atoms with Gasteiger partial charge in [-0.2, -0.15) is 4.31 Å². The van der Waals surface area contributed by atoms with Crippen molar-refractivity contribution in [1.29, 1.82) is 0 Å². The third-order valence-corrected chi connectivity index (χ3v) is 8.72. The van der Waals surface area contributed by atoms with E-state index < -0.39 is 14.9 Å². The second-order valence-corrected chi connectivity index (χ2v) is 11.1. The summed E-state index contributed by atoms with van der Waals surface area (Å²) in [4.78, 5) is 23.1. The molecule has 1 aromatic heterocycles. The first-order valence-corrected chi connectivity index (χ1v) is 11.6. The number of sulfonamides is 1. The van der Waals surface area contributed by atoms with Crippen LogP contribution in [0.5, 0.6) is 0 Å². The van der Waals surface area contributed by atoms with E-state index in [9.17, 15) is 23.3 Å². The number of benzene rings is 1. The molecule has 28 heavy (non-hydrogen) atoms. The minimum absolute atomic E-state index is 0.0548. The molecule has 8 nitrogen and oxygen atoms in total. The summed E-state index contributed by atoms with van der Waals surface area (Å²) >= 11 is 4.42. The van der Waals surface area contributed by atoms with Crippen molar-refractivity contribution in [3.63, 3.8) is 0 Å². The fourth-order valence-corrected chi connectivity index (χ4v) is 6.75. The van der Waals surface area contributed by atoms with Crippen LogP contribution in [-0.4, -0.2) is 36.6 Å². The van der Waals surface area contributed by atoms with Crippen LogP contribution >= 0.6 is 27.3 Å². The molecule has 3 rings (SSSR count). The van der Waals surface area contributed by atoms with Crippen molar-refractivity contribution in [1.82, 2.24) is 4.31 Å². The summed E-state index contributed by atoms with van der Waals surface area (Å²) in [5.41, 5.74) is 0.739. The Morgan fingerprint density at radius 2 is 1.96 bits per heavy atom. The maximum Gasteiger partial charge on any atom is 0.274 e. The number of nitrogens with one attached hydrogen (secondary N) is 1. The number of carbonyl (C=O) groups is 1. The lowest BCUT2D eigenvalue weighted by Gasteiger charge is -2.30. The number of amides is 1. The molecule has 1 fully saturated rings. The molecule has 1 N–H and O–H groups in total. The first kappa shape index (κ1) is 20.9.